The lowest BCUT2D eigenvalue weighted by Crippen LogP contribution is -2.39. The topological polar surface area (TPSA) is 9.23 Å². The molecule has 0 saturated heterocycles. The van der Waals surface area contributed by atoms with Gasteiger partial charge in [0.05, 0.1) is 5.60 Å². The van der Waals surface area contributed by atoms with Gasteiger partial charge in [0.25, 0.3) is 0 Å². The molecule has 2 saturated carbocycles. The molecule has 0 spiro atoms. The summed E-state index contributed by atoms with van der Waals surface area (Å²) in [6.45, 7) is 3.33. The summed E-state index contributed by atoms with van der Waals surface area (Å²) < 4.78 is 7.48. The van der Waals surface area contributed by atoms with Gasteiger partial charge in [-0.15, -0.1) is 0 Å². The highest BCUT2D eigenvalue weighted by Crippen LogP contribution is 2.39. The first-order chi connectivity index (χ1) is 8.28. The molecule has 0 radical (unpaired) electrons. The first-order valence-corrected chi connectivity index (χ1v) is 9.00. The van der Waals surface area contributed by atoms with E-state index in [1.165, 1.54) is 62.2 Å². The van der Waals surface area contributed by atoms with Gasteiger partial charge in [0.15, 0.2) is 0 Å². The van der Waals surface area contributed by atoms with Crippen LogP contribution in [0.15, 0.2) is 0 Å². The van der Waals surface area contributed by atoms with Crippen LogP contribution in [0.1, 0.15) is 64.7 Å². The fourth-order valence-electron chi connectivity index (χ4n) is 3.07. The van der Waals surface area contributed by atoms with Crippen LogP contribution >= 0.6 is 22.6 Å². The van der Waals surface area contributed by atoms with Gasteiger partial charge in [-0.3, -0.25) is 0 Å². The fourth-order valence-corrected chi connectivity index (χ4v) is 4.05. The predicted octanol–water partition coefficient (Wildman–Crippen LogP) is 4.97. The lowest BCUT2D eigenvalue weighted by molar-refractivity contribution is -0.0612. The third-order valence-electron chi connectivity index (χ3n) is 4.59. The first-order valence-electron chi connectivity index (χ1n) is 7.48. The highest BCUT2D eigenvalue weighted by molar-refractivity contribution is 14.1. The van der Waals surface area contributed by atoms with Crippen LogP contribution in [0.5, 0.6) is 0 Å². The lowest BCUT2D eigenvalue weighted by atomic mass is 9.78. The summed E-state index contributed by atoms with van der Waals surface area (Å²) in [5, 5.41) is 0. The molecule has 2 rings (SSSR count). The summed E-state index contributed by atoms with van der Waals surface area (Å²) in [7, 11) is 0. The van der Waals surface area contributed by atoms with Gasteiger partial charge < -0.3 is 4.74 Å². The maximum atomic E-state index is 6.29. The third kappa shape index (κ3) is 4.38. The summed E-state index contributed by atoms with van der Waals surface area (Å²) in [6, 6.07) is 0. The highest BCUT2D eigenvalue weighted by Gasteiger charge is 2.35. The Kier molecular flexibility index (Phi) is 5.59. The van der Waals surface area contributed by atoms with Crippen LogP contribution in [0.3, 0.4) is 0 Å². The zero-order chi connectivity index (χ0) is 12.1. The molecule has 0 atom stereocenters. The van der Waals surface area contributed by atoms with Crippen LogP contribution in [0.2, 0.25) is 0 Å². The molecule has 0 bridgehead atoms. The fraction of sp³-hybridized carbons (Fsp3) is 1.00. The Balaban J connectivity index is 1.71. The van der Waals surface area contributed by atoms with Crippen molar-refractivity contribution in [3.8, 4) is 0 Å². The molecular formula is C15H27IO. The van der Waals surface area contributed by atoms with Crippen LogP contribution in [0, 0.1) is 11.8 Å². The number of hydrogen-bond acceptors (Lipinski definition) is 1. The number of hydrogen-bond donors (Lipinski definition) is 0. The molecule has 0 N–H and O–H groups in total. The SMILES string of the molecule is CCCC1CCC(CI)(OCCC2CC2)CC1. The second kappa shape index (κ2) is 6.74. The van der Waals surface area contributed by atoms with Crippen molar-refractivity contribution in [1.82, 2.24) is 0 Å². The highest BCUT2D eigenvalue weighted by atomic mass is 127. The summed E-state index contributed by atoms with van der Waals surface area (Å²) in [6.07, 6.45) is 12.4. The molecule has 0 aliphatic heterocycles. The summed E-state index contributed by atoms with van der Waals surface area (Å²) in [4.78, 5) is 0. The average Bonchev–Trinajstić information content (AvgIpc) is 3.16. The Morgan fingerprint density at radius 2 is 1.71 bits per heavy atom. The molecular weight excluding hydrogens is 323 g/mol. The van der Waals surface area contributed by atoms with Crippen molar-refractivity contribution >= 4 is 22.6 Å². The minimum Gasteiger partial charge on any atom is -0.374 e. The second-order valence-corrected chi connectivity index (χ2v) is 6.89. The molecule has 2 aliphatic carbocycles. The normalized spacial score (nSPS) is 33.9. The largest absolute Gasteiger partial charge is 0.374 e. The van der Waals surface area contributed by atoms with Crippen molar-refractivity contribution in [3.05, 3.63) is 0 Å². The van der Waals surface area contributed by atoms with Crippen molar-refractivity contribution in [2.45, 2.75) is 70.3 Å². The second-order valence-electron chi connectivity index (χ2n) is 6.13. The maximum absolute atomic E-state index is 6.29. The molecule has 2 fully saturated rings. The van der Waals surface area contributed by atoms with Crippen LogP contribution in [-0.2, 0) is 4.74 Å². The quantitative estimate of drug-likeness (QED) is 0.465. The molecule has 17 heavy (non-hydrogen) atoms. The summed E-state index contributed by atoms with van der Waals surface area (Å²) >= 11 is 2.54. The van der Waals surface area contributed by atoms with Gasteiger partial charge in [-0.1, -0.05) is 55.2 Å². The standard InChI is InChI=1S/C15H27IO/c1-2-3-13-6-9-15(12-16,10-7-13)17-11-8-14-4-5-14/h13-14H,2-12H2,1H3. The van der Waals surface area contributed by atoms with Gasteiger partial charge in [-0.25, -0.2) is 0 Å². The number of rotatable bonds is 7. The molecule has 0 unspecified atom stereocenters. The minimum atomic E-state index is 0.250. The monoisotopic (exact) mass is 350 g/mol. The van der Waals surface area contributed by atoms with E-state index in [1.807, 2.05) is 0 Å². The molecule has 2 aliphatic rings. The van der Waals surface area contributed by atoms with E-state index in [4.69, 9.17) is 4.74 Å². The molecule has 2 heteroatoms. The van der Waals surface area contributed by atoms with Crippen molar-refractivity contribution in [3.63, 3.8) is 0 Å². The number of halogens is 1. The minimum absolute atomic E-state index is 0.250. The molecule has 0 heterocycles. The lowest BCUT2D eigenvalue weighted by Gasteiger charge is -2.39. The summed E-state index contributed by atoms with van der Waals surface area (Å²) in [5.74, 6) is 2.00. The van der Waals surface area contributed by atoms with Crippen LogP contribution in [0.25, 0.3) is 0 Å². The van der Waals surface area contributed by atoms with E-state index in [9.17, 15) is 0 Å². The molecule has 100 valence electrons. The van der Waals surface area contributed by atoms with E-state index in [0.29, 0.717) is 0 Å². The molecule has 1 nitrogen and oxygen atoms in total. The zero-order valence-corrected chi connectivity index (χ0v) is 13.4. The van der Waals surface area contributed by atoms with Gasteiger partial charge in [0, 0.05) is 11.0 Å². The van der Waals surface area contributed by atoms with Gasteiger partial charge in [0.2, 0.25) is 0 Å². The van der Waals surface area contributed by atoms with Gasteiger partial charge >= 0.3 is 0 Å². The molecule has 0 amide bonds. The maximum Gasteiger partial charge on any atom is 0.0771 e. The van der Waals surface area contributed by atoms with Gasteiger partial charge in [-0.05, 0) is 43.9 Å². The molecule has 0 aromatic rings. The molecule has 0 aromatic heterocycles. The Hall–Kier alpha value is 0.690. The Bertz CT molecular complexity index is 217. The average molecular weight is 350 g/mol. The zero-order valence-electron chi connectivity index (χ0n) is 11.2. The van der Waals surface area contributed by atoms with E-state index in [1.54, 1.807) is 0 Å². The predicted molar refractivity (Wildman–Crippen MR) is 81.8 cm³/mol. The van der Waals surface area contributed by atoms with E-state index in [0.717, 1.165) is 18.4 Å². The van der Waals surface area contributed by atoms with Crippen molar-refractivity contribution in [2.75, 3.05) is 11.0 Å². The Labute approximate surface area is 120 Å². The van der Waals surface area contributed by atoms with Gasteiger partial charge in [0.1, 0.15) is 0 Å². The van der Waals surface area contributed by atoms with Gasteiger partial charge in [-0.2, -0.15) is 0 Å². The Morgan fingerprint density at radius 1 is 1.06 bits per heavy atom. The van der Waals surface area contributed by atoms with Crippen molar-refractivity contribution < 1.29 is 4.74 Å². The first kappa shape index (κ1) is 14.1. The Morgan fingerprint density at radius 3 is 2.24 bits per heavy atom. The van der Waals surface area contributed by atoms with E-state index < -0.39 is 0 Å². The number of ether oxygens (including phenoxy) is 1. The summed E-state index contributed by atoms with van der Waals surface area (Å²) in [5.41, 5.74) is 0.250. The van der Waals surface area contributed by atoms with Crippen molar-refractivity contribution in [1.29, 1.82) is 0 Å². The smallest absolute Gasteiger partial charge is 0.0771 e. The van der Waals surface area contributed by atoms with E-state index in [-0.39, 0.29) is 5.60 Å². The third-order valence-corrected chi connectivity index (χ3v) is 5.98. The van der Waals surface area contributed by atoms with Crippen LogP contribution in [-0.4, -0.2) is 16.6 Å². The van der Waals surface area contributed by atoms with Crippen LogP contribution in [0.4, 0.5) is 0 Å². The van der Waals surface area contributed by atoms with Crippen LogP contribution < -0.4 is 0 Å². The van der Waals surface area contributed by atoms with E-state index in [2.05, 4.69) is 29.5 Å². The van der Waals surface area contributed by atoms with Crippen molar-refractivity contribution in [2.24, 2.45) is 11.8 Å². The molecule has 0 aromatic carbocycles. The van der Waals surface area contributed by atoms with E-state index >= 15 is 0 Å². The number of alkyl halides is 1.